The van der Waals surface area contributed by atoms with Crippen LogP contribution in [0.3, 0.4) is 0 Å². The SMILES string of the molecule is N#Cc1cc(-c2ccccc2)nc(-c2ccccc2-n2c3ccccc3c3cc(-n4c5ccccc5c5ccccc54)ccc32)n1. The number of nitrogens with zero attached hydrogens (tertiary/aromatic N) is 5. The normalized spacial score (nSPS) is 11.5. The Morgan fingerprint density at radius 1 is 0.478 bits per heavy atom. The number of para-hydroxylation sites is 4. The zero-order chi connectivity index (χ0) is 30.6. The molecule has 9 rings (SSSR count). The molecule has 0 saturated heterocycles. The zero-order valence-corrected chi connectivity index (χ0v) is 24.7. The van der Waals surface area contributed by atoms with E-state index >= 15 is 0 Å². The average Bonchev–Trinajstić information content (AvgIpc) is 3.64. The van der Waals surface area contributed by atoms with Gasteiger partial charge in [-0.15, -0.1) is 0 Å². The fourth-order valence-electron chi connectivity index (χ4n) is 6.80. The standard InChI is InChI=1S/C41H25N5/c42-26-28-24-35(27-12-2-1-3-13-27)44-41(43-28)33-17-7-11-21-39(33)46-38-20-10-6-16-32(38)34-25-29(22-23-40(34)46)45-36-18-8-4-14-30(36)31-15-5-9-19-37(31)45/h1-25H. The van der Waals surface area contributed by atoms with Crippen molar-refractivity contribution in [2.75, 3.05) is 0 Å². The maximum Gasteiger partial charge on any atom is 0.163 e. The van der Waals surface area contributed by atoms with Crippen molar-refractivity contribution in [1.82, 2.24) is 19.1 Å². The van der Waals surface area contributed by atoms with Gasteiger partial charge in [0.25, 0.3) is 0 Å². The maximum absolute atomic E-state index is 9.91. The molecule has 0 aliphatic rings. The molecule has 0 atom stereocenters. The minimum atomic E-state index is 0.330. The summed E-state index contributed by atoms with van der Waals surface area (Å²) in [7, 11) is 0. The van der Waals surface area contributed by atoms with Crippen molar-refractivity contribution < 1.29 is 0 Å². The summed E-state index contributed by atoms with van der Waals surface area (Å²) in [5.41, 5.74) is 9.43. The van der Waals surface area contributed by atoms with Crippen LogP contribution in [0.2, 0.25) is 0 Å². The van der Waals surface area contributed by atoms with Crippen molar-refractivity contribution in [2.24, 2.45) is 0 Å². The van der Waals surface area contributed by atoms with Gasteiger partial charge < -0.3 is 9.13 Å². The van der Waals surface area contributed by atoms with E-state index in [0.29, 0.717) is 11.5 Å². The fourth-order valence-corrected chi connectivity index (χ4v) is 6.80. The van der Waals surface area contributed by atoms with Gasteiger partial charge in [-0.1, -0.05) is 97.1 Å². The molecule has 0 unspecified atom stereocenters. The summed E-state index contributed by atoms with van der Waals surface area (Å²) in [4.78, 5) is 9.67. The number of aromatic nitrogens is 4. The minimum Gasteiger partial charge on any atom is -0.309 e. The number of rotatable bonds is 4. The zero-order valence-electron chi connectivity index (χ0n) is 24.7. The van der Waals surface area contributed by atoms with Gasteiger partial charge in [0.05, 0.1) is 33.4 Å². The van der Waals surface area contributed by atoms with Gasteiger partial charge >= 0.3 is 0 Å². The molecule has 3 heterocycles. The Bertz CT molecular complexity index is 2600. The Morgan fingerprint density at radius 2 is 1.04 bits per heavy atom. The predicted octanol–water partition coefficient (Wildman–Crippen LogP) is 9.88. The van der Waals surface area contributed by atoms with Crippen molar-refractivity contribution in [3.63, 3.8) is 0 Å². The predicted molar refractivity (Wildman–Crippen MR) is 186 cm³/mol. The van der Waals surface area contributed by atoms with Gasteiger partial charge in [-0.2, -0.15) is 5.26 Å². The third-order valence-corrected chi connectivity index (χ3v) is 8.79. The van der Waals surface area contributed by atoms with Crippen LogP contribution in [0.15, 0.2) is 152 Å². The quantitative estimate of drug-likeness (QED) is 0.206. The van der Waals surface area contributed by atoms with Gasteiger partial charge in [0, 0.05) is 44.4 Å². The summed E-state index contributed by atoms with van der Waals surface area (Å²) < 4.78 is 4.65. The second-order valence-corrected chi connectivity index (χ2v) is 11.4. The van der Waals surface area contributed by atoms with Crippen LogP contribution in [0.4, 0.5) is 0 Å². The van der Waals surface area contributed by atoms with E-state index in [4.69, 9.17) is 9.97 Å². The van der Waals surface area contributed by atoms with Crippen LogP contribution >= 0.6 is 0 Å². The molecule has 0 fully saturated rings. The van der Waals surface area contributed by atoms with Crippen molar-refractivity contribution in [2.45, 2.75) is 0 Å². The molecule has 0 bridgehead atoms. The number of fused-ring (bicyclic) bond motifs is 6. The lowest BCUT2D eigenvalue weighted by atomic mass is 10.1. The van der Waals surface area contributed by atoms with Crippen molar-refractivity contribution in [3.05, 3.63) is 157 Å². The molecular formula is C41H25N5. The van der Waals surface area contributed by atoms with E-state index in [9.17, 15) is 5.26 Å². The summed E-state index contributed by atoms with van der Waals surface area (Å²) in [6.45, 7) is 0. The molecule has 0 radical (unpaired) electrons. The molecule has 3 aromatic heterocycles. The van der Waals surface area contributed by atoms with Gasteiger partial charge in [0.1, 0.15) is 11.8 Å². The molecule has 6 aromatic carbocycles. The Hall–Kier alpha value is -6.51. The second kappa shape index (κ2) is 10.3. The molecule has 0 N–H and O–H groups in total. The smallest absolute Gasteiger partial charge is 0.163 e. The van der Waals surface area contributed by atoms with E-state index in [1.54, 1.807) is 6.07 Å². The first-order valence-corrected chi connectivity index (χ1v) is 15.2. The molecule has 0 amide bonds. The minimum absolute atomic E-state index is 0.330. The first-order valence-electron chi connectivity index (χ1n) is 15.2. The van der Waals surface area contributed by atoms with Crippen LogP contribution in [-0.4, -0.2) is 19.1 Å². The van der Waals surface area contributed by atoms with Gasteiger partial charge in [-0.25, -0.2) is 9.97 Å². The highest BCUT2D eigenvalue weighted by molar-refractivity contribution is 6.12. The van der Waals surface area contributed by atoms with Crippen LogP contribution in [0.5, 0.6) is 0 Å². The lowest BCUT2D eigenvalue weighted by Crippen LogP contribution is -2.01. The number of hydrogen-bond donors (Lipinski definition) is 0. The molecule has 214 valence electrons. The molecule has 0 spiro atoms. The number of hydrogen-bond acceptors (Lipinski definition) is 3. The Labute approximate surface area is 264 Å². The summed E-state index contributed by atoms with van der Waals surface area (Å²) in [6.07, 6.45) is 0. The highest BCUT2D eigenvalue weighted by atomic mass is 15.0. The monoisotopic (exact) mass is 587 g/mol. The maximum atomic E-state index is 9.91. The van der Waals surface area contributed by atoms with Crippen molar-refractivity contribution >= 4 is 43.6 Å². The lowest BCUT2D eigenvalue weighted by molar-refractivity contribution is 1.12. The van der Waals surface area contributed by atoms with Crippen LogP contribution < -0.4 is 0 Å². The molecule has 5 heteroatoms. The summed E-state index contributed by atoms with van der Waals surface area (Å²) in [5.74, 6) is 0.515. The first kappa shape index (κ1) is 25.9. The topological polar surface area (TPSA) is 59.4 Å². The molecule has 0 aliphatic carbocycles. The van der Waals surface area contributed by atoms with E-state index in [1.807, 2.05) is 48.5 Å². The van der Waals surface area contributed by atoms with Crippen LogP contribution in [0.25, 0.3) is 77.6 Å². The fraction of sp³-hybridized carbons (Fsp3) is 0. The lowest BCUT2D eigenvalue weighted by Gasteiger charge is -2.14. The largest absolute Gasteiger partial charge is 0.309 e. The Kier molecular flexibility index (Phi) is 5.81. The van der Waals surface area contributed by atoms with Gasteiger partial charge in [0.2, 0.25) is 0 Å². The first-order chi connectivity index (χ1) is 22.8. The van der Waals surface area contributed by atoms with E-state index in [0.717, 1.165) is 50.0 Å². The highest BCUT2D eigenvalue weighted by Crippen LogP contribution is 2.38. The average molecular weight is 588 g/mol. The van der Waals surface area contributed by atoms with E-state index < -0.39 is 0 Å². The van der Waals surface area contributed by atoms with E-state index in [-0.39, 0.29) is 0 Å². The molecule has 0 saturated carbocycles. The van der Waals surface area contributed by atoms with Crippen LogP contribution in [-0.2, 0) is 0 Å². The van der Waals surface area contributed by atoms with Gasteiger partial charge in [-0.3, -0.25) is 0 Å². The van der Waals surface area contributed by atoms with Crippen molar-refractivity contribution in [3.8, 4) is 40.1 Å². The molecule has 0 aliphatic heterocycles. The summed E-state index contributed by atoms with van der Waals surface area (Å²) >= 11 is 0. The van der Waals surface area contributed by atoms with Crippen LogP contribution in [0.1, 0.15) is 5.69 Å². The number of benzene rings is 6. The molecule has 5 nitrogen and oxygen atoms in total. The summed E-state index contributed by atoms with van der Waals surface area (Å²) in [6, 6.07) is 54.5. The van der Waals surface area contributed by atoms with Crippen molar-refractivity contribution in [1.29, 1.82) is 5.26 Å². The number of nitriles is 1. The Balaban J connectivity index is 1.29. The summed E-state index contributed by atoms with van der Waals surface area (Å²) in [5, 5.41) is 14.7. The van der Waals surface area contributed by atoms with Gasteiger partial charge in [-0.05, 0) is 48.5 Å². The third-order valence-electron chi connectivity index (χ3n) is 8.79. The van der Waals surface area contributed by atoms with Gasteiger partial charge in [0.15, 0.2) is 5.82 Å². The molecule has 9 aromatic rings. The van der Waals surface area contributed by atoms with E-state index in [1.165, 1.54) is 21.8 Å². The van der Waals surface area contributed by atoms with E-state index in [2.05, 4.69) is 112 Å². The molecule has 46 heavy (non-hydrogen) atoms. The molecular weight excluding hydrogens is 562 g/mol. The Morgan fingerprint density at radius 3 is 1.74 bits per heavy atom. The highest BCUT2D eigenvalue weighted by Gasteiger charge is 2.19. The van der Waals surface area contributed by atoms with Crippen LogP contribution in [0, 0.1) is 11.3 Å². The third kappa shape index (κ3) is 3.94. The second-order valence-electron chi connectivity index (χ2n) is 11.4.